The van der Waals surface area contributed by atoms with Crippen molar-refractivity contribution in [1.29, 1.82) is 0 Å². The Kier molecular flexibility index (Phi) is 2.63. The number of nitrogen functional groups attached to an aromatic ring is 1. The molecule has 4 heteroatoms. The number of hydrogen-bond acceptors (Lipinski definition) is 3. The Bertz CT molecular complexity index is 466. The van der Waals surface area contributed by atoms with Gasteiger partial charge in [0.2, 0.25) is 0 Å². The summed E-state index contributed by atoms with van der Waals surface area (Å²) in [5, 5.41) is 12.2. The second kappa shape index (κ2) is 3.77. The van der Waals surface area contributed by atoms with Crippen LogP contribution in [0.25, 0.3) is 10.1 Å². The minimum atomic E-state index is 0.0290. The molecule has 0 saturated heterocycles. The first-order chi connectivity index (χ1) is 6.77. The predicted molar refractivity (Wildman–Crippen MR) is 61.7 cm³/mol. The normalized spacial score (nSPS) is 11.0. The first-order valence-corrected chi connectivity index (χ1v) is 5.63. The molecule has 2 rings (SSSR count). The SMILES string of the molecule is Nc1c(CCl)cc(CO)c2sccc12. The van der Waals surface area contributed by atoms with Gasteiger partial charge in [-0.25, -0.2) is 0 Å². The molecule has 1 aromatic carbocycles. The maximum absolute atomic E-state index is 9.19. The van der Waals surface area contributed by atoms with Gasteiger partial charge in [0, 0.05) is 21.7 Å². The van der Waals surface area contributed by atoms with E-state index in [0.29, 0.717) is 5.88 Å². The molecule has 0 spiro atoms. The van der Waals surface area contributed by atoms with Gasteiger partial charge in [-0.3, -0.25) is 0 Å². The van der Waals surface area contributed by atoms with E-state index >= 15 is 0 Å². The number of rotatable bonds is 2. The molecule has 2 nitrogen and oxygen atoms in total. The summed E-state index contributed by atoms with van der Waals surface area (Å²) in [7, 11) is 0. The van der Waals surface area contributed by atoms with Gasteiger partial charge in [-0.15, -0.1) is 22.9 Å². The Balaban J connectivity index is 2.80. The van der Waals surface area contributed by atoms with E-state index in [0.717, 1.165) is 26.9 Å². The fraction of sp³-hybridized carbons (Fsp3) is 0.200. The Morgan fingerprint density at radius 3 is 2.86 bits per heavy atom. The lowest BCUT2D eigenvalue weighted by Gasteiger charge is -2.07. The van der Waals surface area contributed by atoms with Gasteiger partial charge < -0.3 is 10.8 Å². The number of benzene rings is 1. The van der Waals surface area contributed by atoms with Crippen molar-refractivity contribution >= 4 is 38.7 Å². The predicted octanol–water partition coefficient (Wildman–Crippen LogP) is 2.71. The highest BCUT2D eigenvalue weighted by Crippen LogP contribution is 2.33. The second-order valence-electron chi connectivity index (χ2n) is 3.06. The van der Waals surface area contributed by atoms with Crippen LogP contribution in [0.15, 0.2) is 17.5 Å². The topological polar surface area (TPSA) is 46.2 Å². The zero-order valence-corrected chi connectivity index (χ0v) is 9.03. The highest BCUT2D eigenvalue weighted by molar-refractivity contribution is 7.17. The van der Waals surface area contributed by atoms with Crippen molar-refractivity contribution in [3.63, 3.8) is 0 Å². The quantitative estimate of drug-likeness (QED) is 0.612. The third-order valence-corrected chi connectivity index (χ3v) is 3.53. The third kappa shape index (κ3) is 1.38. The summed E-state index contributed by atoms with van der Waals surface area (Å²) in [4.78, 5) is 0. The second-order valence-corrected chi connectivity index (χ2v) is 4.25. The van der Waals surface area contributed by atoms with E-state index in [2.05, 4.69) is 0 Å². The fourth-order valence-corrected chi connectivity index (χ4v) is 2.67. The molecule has 74 valence electrons. The van der Waals surface area contributed by atoms with Crippen LogP contribution >= 0.6 is 22.9 Å². The number of aliphatic hydroxyl groups is 1. The molecular formula is C10H10ClNOS. The van der Waals surface area contributed by atoms with Crippen LogP contribution in [0, 0.1) is 0 Å². The number of fused-ring (bicyclic) bond motifs is 1. The van der Waals surface area contributed by atoms with E-state index in [1.807, 2.05) is 17.5 Å². The zero-order valence-electron chi connectivity index (χ0n) is 7.46. The maximum Gasteiger partial charge on any atom is 0.0695 e. The lowest BCUT2D eigenvalue weighted by Crippen LogP contribution is -1.95. The molecule has 0 fully saturated rings. The number of aliphatic hydroxyl groups excluding tert-OH is 1. The lowest BCUT2D eigenvalue weighted by atomic mass is 10.1. The molecule has 0 atom stereocenters. The first kappa shape index (κ1) is 9.77. The van der Waals surface area contributed by atoms with Crippen LogP contribution in [0.4, 0.5) is 5.69 Å². The molecule has 1 heterocycles. The Labute approximate surface area is 90.9 Å². The fourth-order valence-electron chi connectivity index (χ4n) is 1.52. The van der Waals surface area contributed by atoms with Gasteiger partial charge in [-0.05, 0) is 28.6 Å². The van der Waals surface area contributed by atoms with Crippen LogP contribution in [0.2, 0.25) is 0 Å². The van der Waals surface area contributed by atoms with Crippen molar-refractivity contribution in [2.24, 2.45) is 0 Å². The zero-order chi connectivity index (χ0) is 10.1. The van der Waals surface area contributed by atoms with Gasteiger partial charge in [0.25, 0.3) is 0 Å². The largest absolute Gasteiger partial charge is 0.398 e. The van der Waals surface area contributed by atoms with Crippen molar-refractivity contribution in [3.8, 4) is 0 Å². The average molecular weight is 228 g/mol. The lowest BCUT2D eigenvalue weighted by molar-refractivity contribution is 0.283. The number of halogens is 1. The van der Waals surface area contributed by atoms with Crippen LogP contribution in [0.1, 0.15) is 11.1 Å². The number of alkyl halides is 1. The summed E-state index contributed by atoms with van der Waals surface area (Å²) in [5.74, 6) is 0.380. The molecular weight excluding hydrogens is 218 g/mol. The monoisotopic (exact) mass is 227 g/mol. The van der Waals surface area contributed by atoms with Crippen LogP contribution in [-0.2, 0) is 12.5 Å². The molecule has 0 unspecified atom stereocenters. The Morgan fingerprint density at radius 1 is 1.43 bits per heavy atom. The van der Waals surface area contributed by atoms with Crippen LogP contribution in [-0.4, -0.2) is 5.11 Å². The summed E-state index contributed by atoms with van der Waals surface area (Å²) in [6.45, 7) is 0.0290. The van der Waals surface area contributed by atoms with E-state index in [1.165, 1.54) is 0 Å². The number of anilines is 1. The Morgan fingerprint density at radius 2 is 2.21 bits per heavy atom. The molecule has 0 aliphatic heterocycles. The highest BCUT2D eigenvalue weighted by atomic mass is 35.5. The summed E-state index contributed by atoms with van der Waals surface area (Å²) < 4.78 is 1.05. The molecule has 0 aliphatic rings. The smallest absolute Gasteiger partial charge is 0.0695 e. The summed E-state index contributed by atoms with van der Waals surface area (Å²) in [5.41, 5.74) is 8.46. The number of hydrogen-bond donors (Lipinski definition) is 2. The van der Waals surface area contributed by atoms with Crippen LogP contribution in [0.5, 0.6) is 0 Å². The van der Waals surface area contributed by atoms with Gasteiger partial charge in [0.15, 0.2) is 0 Å². The molecule has 0 saturated carbocycles. The van der Waals surface area contributed by atoms with Crippen molar-refractivity contribution in [1.82, 2.24) is 0 Å². The highest BCUT2D eigenvalue weighted by Gasteiger charge is 2.09. The van der Waals surface area contributed by atoms with Crippen molar-refractivity contribution in [3.05, 3.63) is 28.6 Å². The minimum absolute atomic E-state index is 0.0290. The molecule has 2 aromatic rings. The summed E-state index contributed by atoms with van der Waals surface area (Å²) in [6, 6.07) is 3.84. The van der Waals surface area contributed by atoms with Crippen molar-refractivity contribution in [2.45, 2.75) is 12.5 Å². The van der Waals surface area contributed by atoms with Crippen molar-refractivity contribution < 1.29 is 5.11 Å². The number of nitrogens with two attached hydrogens (primary N) is 1. The van der Waals surface area contributed by atoms with Gasteiger partial charge in [-0.1, -0.05) is 0 Å². The van der Waals surface area contributed by atoms with Gasteiger partial charge in [0.1, 0.15) is 0 Å². The van der Waals surface area contributed by atoms with Gasteiger partial charge >= 0.3 is 0 Å². The Hall–Kier alpha value is -0.770. The minimum Gasteiger partial charge on any atom is -0.398 e. The molecule has 14 heavy (non-hydrogen) atoms. The van der Waals surface area contributed by atoms with E-state index in [4.69, 9.17) is 17.3 Å². The standard InChI is InChI=1S/C10H10ClNOS/c11-4-6-3-7(5-13)10-8(9(6)12)1-2-14-10/h1-3,13H,4-5,12H2. The van der Waals surface area contributed by atoms with Crippen LogP contribution < -0.4 is 5.73 Å². The molecule has 0 bridgehead atoms. The summed E-state index contributed by atoms with van der Waals surface area (Å²) >= 11 is 7.36. The van der Waals surface area contributed by atoms with E-state index in [9.17, 15) is 5.11 Å². The van der Waals surface area contributed by atoms with Gasteiger partial charge in [0.05, 0.1) is 6.61 Å². The summed E-state index contributed by atoms with van der Waals surface area (Å²) in [6.07, 6.45) is 0. The molecule has 1 aromatic heterocycles. The maximum atomic E-state index is 9.19. The van der Waals surface area contributed by atoms with Gasteiger partial charge in [-0.2, -0.15) is 0 Å². The first-order valence-electron chi connectivity index (χ1n) is 4.22. The molecule has 0 aliphatic carbocycles. The van der Waals surface area contributed by atoms with E-state index in [1.54, 1.807) is 11.3 Å². The molecule has 0 radical (unpaired) electrons. The van der Waals surface area contributed by atoms with Crippen LogP contribution in [0.3, 0.4) is 0 Å². The van der Waals surface area contributed by atoms with Crippen molar-refractivity contribution in [2.75, 3.05) is 5.73 Å². The third-order valence-electron chi connectivity index (χ3n) is 2.26. The van der Waals surface area contributed by atoms with E-state index < -0.39 is 0 Å². The van der Waals surface area contributed by atoms with E-state index in [-0.39, 0.29) is 6.61 Å². The molecule has 3 N–H and O–H groups in total. The average Bonchev–Trinajstić information content (AvgIpc) is 2.68. The number of thiophene rings is 1. The molecule has 0 amide bonds.